The van der Waals surface area contributed by atoms with Crippen LogP contribution < -0.4 is 30.9 Å². The van der Waals surface area contributed by atoms with Crippen LogP contribution in [0.25, 0.3) is 10.9 Å². The van der Waals surface area contributed by atoms with E-state index in [2.05, 4.69) is 75.6 Å². The third kappa shape index (κ3) is 10.2. The normalized spacial score (nSPS) is 18.0. The van der Waals surface area contributed by atoms with Crippen molar-refractivity contribution in [3.8, 4) is 5.75 Å². The number of hydrogen-bond acceptors (Lipinski definition) is 12. The lowest BCUT2D eigenvalue weighted by molar-refractivity contribution is -0.134. The predicted octanol–water partition coefficient (Wildman–Crippen LogP) is 8.17. The van der Waals surface area contributed by atoms with Gasteiger partial charge in [-0.15, -0.1) is 0 Å². The summed E-state index contributed by atoms with van der Waals surface area (Å²) in [5, 5.41) is 9.71. The number of methoxy groups -OCH3 is 1. The van der Waals surface area contributed by atoms with Crippen LogP contribution >= 0.6 is 23.1 Å². The van der Waals surface area contributed by atoms with Gasteiger partial charge in [-0.2, -0.15) is 4.98 Å². The molecule has 2 amide bonds. The molecule has 0 radical (unpaired) electrons. The van der Waals surface area contributed by atoms with Crippen molar-refractivity contribution in [3.63, 3.8) is 0 Å². The summed E-state index contributed by atoms with van der Waals surface area (Å²) in [6.07, 6.45) is 5.05. The Morgan fingerprint density at radius 1 is 0.908 bits per heavy atom. The number of piperidine rings is 2. The lowest BCUT2D eigenvalue weighted by atomic mass is 9.89. The van der Waals surface area contributed by atoms with Crippen LogP contribution in [0.1, 0.15) is 60.9 Å². The topological polar surface area (TPSA) is 145 Å². The van der Waals surface area contributed by atoms with E-state index in [0.29, 0.717) is 68.4 Å². The van der Waals surface area contributed by atoms with Gasteiger partial charge >= 0.3 is 0 Å². The van der Waals surface area contributed by atoms with Crippen molar-refractivity contribution in [1.82, 2.24) is 30.1 Å². The van der Waals surface area contributed by atoms with E-state index in [0.717, 1.165) is 69.8 Å². The summed E-state index contributed by atoms with van der Waals surface area (Å²) in [5.41, 5.74) is 4.41. The van der Waals surface area contributed by atoms with E-state index < -0.39 is 42.3 Å². The molecule has 344 valence electrons. The molecular formula is C47H54BrF3N9O4P. The third-order valence-corrected chi connectivity index (χ3v) is 14.9. The van der Waals surface area contributed by atoms with Crippen molar-refractivity contribution >= 4 is 79.9 Å². The van der Waals surface area contributed by atoms with E-state index >= 15 is 13.2 Å². The maximum absolute atomic E-state index is 15.5. The standard InChI is InChI=1S/C47H54BrF3N9O4P/c1-6-29-23-37(55-47-52-26-33(48)45(57-47)54-38-24-36(51)43-32(8-7-27(2)53-43)44(38)65(4,5)63)40(64-3)25-39(29)60-15-12-30(13-16-60)59-19-17-58(18-20-59)14-11-28-21-34(49)42(35(50)22-28)31-9-10-41(61)56-46(31)62/h7-8,21-26,30-31H,6,9-20H2,1-5H3,(H,56,61,62)(H2,52,54,55,57). The fourth-order valence-electron chi connectivity index (χ4n) is 9.43. The lowest BCUT2D eigenvalue weighted by Crippen LogP contribution is -2.53. The van der Waals surface area contributed by atoms with Gasteiger partial charge in [0.05, 0.1) is 28.9 Å². The van der Waals surface area contributed by atoms with Crippen LogP contribution in [0.15, 0.2) is 53.1 Å². The number of halogens is 4. The summed E-state index contributed by atoms with van der Waals surface area (Å²) < 4.78 is 65.7. The van der Waals surface area contributed by atoms with Crippen molar-refractivity contribution < 1.29 is 32.1 Å². The van der Waals surface area contributed by atoms with E-state index in [4.69, 9.17) is 9.72 Å². The second-order valence-corrected chi connectivity index (χ2v) is 21.5. The summed E-state index contributed by atoms with van der Waals surface area (Å²) in [5.74, 6) is -2.82. The zero-order valence-electron chi connectivity index (χ0n) is 37.2. The lowest BCUT2D eigenvalue weighted by Gasteiger charge is -2.43. The minimum atomic E-state index is -2.92. The number of anilines is 5. The maximum atomic E-state index is 15.5. The molecule has 3 aliphatic heterocycles. The van der Waals surface area contributed by atoms with Crippen LogP contribution in [-0.2, 0) is 27.0 Å². The fourth-order valence-corrected chi connectivity index (χ4v) is 11.2. The van der Waals surface area contributed by atoms with Gasteiger partial charge in [-0.3, -0.25) is 24.8 Å². The van der Waals surface area contributed by atoms with E-state index in [9.17, 15) is 14.2 Å². The molecule has 0 bridgehead atoms. The molecule has 3 N–H and O–H groups in total. The molecule has 5 heterocycles. The van der Waals surface area contributed by atoms with Crippen LogP contribution in [0.3, 0.4) is 0 Å². The van der Waals surface area contributed by atoms with Gasteiger partial charge in [0.1, 0.15) is 35.9 Å². The van der Waals surface area contributed by atoms with Crippen LogP contribution in [0.2, 0.25) is 0 Å². The number of aromatic nitrogens is 3. The Balaban J connectivity index is 0.880. The molecule has 65 heavy (non-hydrogen) atoms. The van der Waals surface area contributed by atoms with Crippen LogP contribution in [0.5, 0.6) is 5.75 Å². The fraction of sp³-hybridized carbons (Fsp3) is 0.426. The highest BCUT2D eigenvalue weighted by Crippen LogP contribution is 2.43. The van der Waals surface area contributed by atoms with Crippen molar-refractivity contribution in [1.29, 1.82) is 0 Å². The number of nitrogens with one attached hydrogen (secondary N) is 3. The molecule has 8 rings (SSSR count). The number of ether oxygens (including phenoxy) is 1. The van der Waals surface area contributed by atoms with Crippen molar-refractivity contribution in [3.05, 3.63) is 93.0 Å². The number of rotatable bonds is 13. The molecule has 13 nitrogen and oxygen atoms in total. The second-order valence-electron chi connectivity index (χ2n) is 17.5. The van der Waals surface area contributed by atoms with Gasteiger partial charge in [-0.05, 0) is 104 Å². The number of hydrogen-bond donors (Lipinski definition) is 3. The van der Waals surface area contributed by atoms with Gasteiger partial charge in [0.25, 0.3) is 0 Å². The average molecular weight is 977 g/mol. The molecule has 2 aromatic heterocycles. The summed E-state index contributed by atoms with van der Waals surface area (Å²) >= 11 is 3.53. The molecule has 3 fully saturated rings. The number of aryl methyl sites for hydroxylation is 2. The highest BCUT2D eigenvalue weighted by molar-refractivity contribution is 9.10. The van der Waals surface area contributed by atoms with E-state index in [-0.39, 0.29) is 29.9 Å². The van der Waals surface area contributed by atoms with Gasteiger partial charge in [-0.25, -0.2) is 18.2 Å². The summed E-state index contributed by atoms with van der Waals surface area (Å²) in [4.78, 5) is 44.7. The largest absolute Gasteiger partial charge is 0.494 e. The molecular weight excluding hydrogens is 922 g/mol. The number of carbonyl (C=O) groups is 2. The quantitative estimate of drug-likeness (QED) is 0.0774. The highest BCUT2D eigenvalue weighted by Gasteiger charge is 2.33. The first-order chi connectivity index (χ1) is 31.1. The number of piperazine rings is 1. The molecule has 0 aliphatic carbocycles. The summed E-state index contributed by atoms with van der Waals surface area (Å²) in [7, 11) is -1.29. The number of fused-ring (bicyclic) bond motifs is 1. The Kier molecular flexibility index (Phi) is 13.9. The number of benzene rings is 3. The van der Waals surface area contributed by atoms with Crippen LogP contribution in [0.4, 0.5) is 42.0 Å². The minimum Gasteiger partial charge on any atom is -0.494 e. The third-order valence-electron chi connectivity index (χ3n) is 12.8. The molecule has 1 atom stereocenters. The molecule has 0 saturated carbocycles. The number of amides is 2. The van der Waals surface area contributed by atoms with Crippen molar-refractivity contribution in [2.75, 3.05) is 81.8 Å². The average Bonchev–Trinajstić information content (AvgIpc) is 3.27. The molecule has 3 aromatic carbocycles. The Morgan fingerprint density at radius 2 is 1.63 bits per heavy atom. The van der Waals surface area contributed by atoms with Crippen LogP contribution in [0, 0.1) is 24.4 Å². The minimum absolute atomic E-state index is 0.0576. The van der Waals surface area contributed by atoms with E-state index in [1.165, 1.54) is 18.2 Å². The highest BCUT2D eigenvalue weighted by atomic mass is 79.9. The SMILES string of the molecule is CCc1cc(Nc2ncc(Br)c(Nc3cc(F)c4nc(C)ccc4c3P(C)(C)=O)n2)c(OC)cc1N1CCC(N2CCN(CCc3cc(F)c(C4CCC(=O)NC4=O)c(F)c3)CC2)CC1. The Morgan fingerprint density at radius 3 is 2.29 bits per heavy atom. The van der Waals surface area contributed by atoms with Gasteiger partial charge < -0.3 is 29.7 Å². The van der Waals surface area contributed by atoms with Gasteiger partial charge in [0, 0.05) is 104 Å². The van der Waals surface area contributed by atoms with Gasteiger partial charge in [-0.1, -0.05) is 13.0 Å². The number of nitrogens with zero attached hydrogens (tertiary/aromatic N) is 6. The molecule has 3 saturated heterocycles. The first kappa shape index (κ1) is 46.4. The number of pyridine rings is 1. The molecule has 5 aromatic rings. The van der Waals surface area contributed by atoms with E-state index in [1.807, 2.05) is 0 Å². The zero-order chi connectivity index (χ0) is 46.2. The zero-order valence-corrected chi connectivity index (χ0v) is 39.7. The second kappa shape index (κ2) is 19.4. The van der Waals surface area contributed by atoms with Crippen molar-refractivity contribution in [2.45, 2.75) is 64.3 Å². The Bertz CT molecular complexity index is 2670. The number of imide groups is 1. The molecule has 1 unspecified atom stereocenters. The van der Waals surface area contributed by atoms with E-state index in [1.54, 1.807) is 45.7 Å². The van der Waals surface area contributed by atoms with Crippen molar-refractivity contribution in [2.24, 2.45) is 0 Å². The summed E-state index contributed by atoms with van der Waals surface area (Å²) in [6, 6.07) is 12.1. The van der Waals surface area contributed by atoms with Crippen LogP contribution in [-0.4, -0.2) is 109 Å². The number of carbonyl (C=O) groups excluding carboxylic acids is 2. The first-order valence-electron chi connectivity index (χ1n) is 22.1. The predicted molar refractivity (Wildman–Crippen MR) is 253 cm³/mol. The summed E-state index contributed by atoms with van der Waals surface area (Å²) in [6.45, 7) is 13.2. The molecule has 0 spiro atoms. The molecule has 18 heteroatoms. The van der Waals surface area contributed by atoms with Gasteiger partial charge in [0.15, 0.2) is 5.82 Å². The molecule has 3 aliphatic rings. The Hall–Kier alpha value is -5.09. The van der Waals surface area contributed by atoms with Gasteiger partial charge in [0.2, 0.25) is 17.8 Å². The maximum Gasteiger partial charge on any atom is 0.234 e. The first-order valence-corrected chi connectivity index (χ1v) is 25.4. The Labute approximate surface area is 385 Å². The monoisotopic (exact) mass is 975 g/mol. The smallest absolute Gasteiger partial charge is 0.234 e.